The number of amides is 1. The first-order chi connectivity index (χ1) is 8.16. The highest BCUT2D eigenvalue weighted by atomic mass is 16.4. The topological polar surface area (TPSA) is 78.4 Å². The number of hydrogen-bond donors (Lipinski definition) is 3. The molecule has 0 rings (SSSR count). The molecule has 96 valence electrons. The van der Waals surface area contributed by atoms with Crippen LogP contribution in [0, 0.1) is 12.3 Å². The number of carboxylic acid groups (broad SMARTS) is 1. The van der Waals surface area contributed by atoms with E-state index >= 15 is 0 Å². The first-order valence-electron chi connectivity index (χ1n) is 5.79. The number of terminal acetylenes is 1. The summed E-state index contributed by atoms with van der Waals surface area (Å²) in [6.07, 6.45) is 8.64. The van der Waals surface area contributed by atoms with Gasteiger partial charge in [0.15, 0.2) is 0 Å². The van der Waals surface area contributed by atoms with Crippen LogP contribution in [0.2, 0.25) is 0 Å². The lowest BCUT2D eigenvalue weighted by Gasteiger charge is -2.04. The van der Waals surface area contributed by atoms with Crippen LogP contribution in [0.3, 0.4) is 0 Å². The molecule has 5 nitrogen and oxygen atoms in total. The van der Waals surface area contributed by atoms with Crippen molar-refractivity contribution in [2.45, 2.75) is 32.1 Å². The molecule has 0 aromatic carbocycles. The van der Waals surface area contributed by atoms with Crippen LogP contribution in [0.1, 0.15) is 32.1 Å². The molecular formula is C12H20N2O3. The molecule has 0 aliphatic carbocycles. The zero-order chi connectivity index (χ0) is 12.9. The second kappa shape index (κ2) is 11.0. The van der Waals surface area contributed by atoms with Gasteiger partial charge in [0.2, 0.25) is 5.91 Å². The molecule has 3 N–H and O–H groups in total. The van der Waals surface area contributed by atoms with Gasteiger partial charge in [-0.15, -0.1) is 6.42 Å². The third kappa shape index (κ3) is 12.4. The van der Waals surface area contributed by atoms with Gasteiger partial charge >= 0.3 is 5.97 Å². The minimum Gasteiger partial charge on any atom is -0.481 e. The number of unbranched alkanes of at least 4 members (excludes halogenated alkanes) is 3. The van der Waals surface area contributed by atoms with Crippen LogP contribution in [-0.4, -0.2) is 36.6 Å². The van der Waals surface area contributed by atoms with Crippen LogP contribution in [0.15, 0.2) is 0 Å². The van der Waals surface area contributed by atoms with E-state index in [1.54, 1.807) is 0 Å². The van der Waals surface area contributed by atoms with Crippen molar-refractivity contribution in [3.05, 3.63) is 0 Å². The number of carbonyl (C=O) groups excluding carboxylic acids is 1. The van der Waals surface area contributed by atoms with E-state index in [-0.39, 0.29) is 18.9 Å². The van der Waals surface area contributed by atoms with Crippen molar-refractivity contribution in [2.75, 3.05) is 19.6 Å². The van der Waals surface area contributed by atoms with E-state index in [1.165, 1.54) is 0 Å². The normalized spacial score (nSPS) is 9.59. The highest BCUT2D eigenvalue weighted by Gasteiger charge is 1.99. The minimum atomic E-state index is -0.752. The van der Waals surface area contributed by atoms with Crippen molar-refractivity contribution in [3.63, 3.8) is 0 Å². The van der Waals surface area contributed by atoms with Gasteiger partial charge in [0.05, 0.1) is 13.1 Å². The number of hydrogen-bond acceptors (Lipinski definition) is 3. The van der Waals surface area contributed by atoms with Gasteiger partial charge in [-0.3, -0.25) is 14.9 Å². The maximum atomic E-state index is 11.2. The summed E-state index contributed by atoms with van der Waals surface area (Å²) in [5.41, 5.74) is 0. The Kier molecular flexibility index (Phi) is 9.97. The van der Waals surface area contributed by atoms with Crippen molar-refractivity contribution in [1.29, 1.82) is 0 Å². The Morgan fingerprint density at radius 1 is 1.18 bits per heavy atom. The molecule has 0 aliphatic heterocycles. The third-order valence-electron chi connectivity index (χ3n) is 2.15. The Balaban J connectivity index is 3.19. The third-order valence-corrected chi connectivity index (χ3v) is 2.15. The highest BCUT2D eigenvalue weighted by molar-refractivity contribution is 5.77. The van der Waals surface area contributed by atoms with E-state index in [9.17, 15) is 9.59 Å². The fraction of sp³-hybridized carbons (Fsp3) is 0.667. The van der Waals surface area contributed by atoms with E-state index in [4.69, 9.17) is 11.5 Å². The maximum absolute atomic E-state index is 11.2. The zero-order valence-corrected chi connectivity index (χ0v) is 10.00. The molecule has 0 radical (unpaired) electrons. The molecule has 0 heterocycles. The molecule has 0 bridgehead atoms. The van der Waals surface area contributed by atoms with E-state index in [1.807, 2.05) is 0 Å². The fourth-order valence-corrected chi connectivity index (χ4v) is 1.29. The van der Waals surface area contributed by atoms with Gasteiger partial charge in [0, 0.05) is 13.0 Å². The zero-order valence-electron chi connectivity index (χ0n) is 10.00. The quantitative estimate of drug-likeness (QED) is 0.380. The van der Waals surface area contributed by atoms with Gasteiger partial charge in [-0.05, 0) is 12.8 Å². The summed E-state index contributed by atoms with van der Waals surface area (Å²) in [4.78, 5) is 21.4. The summed E-state index contributed by atoms with van der Waals surface area (Å²) >= 11 is 0. The van der Waals surface area contributed by atoms with Crippen molar-refractivity contribution in [3.8, 4) is 12.3 Å². The Morgan fingerprint density at radius 3 is 2.53 bits per heavy atom. The van der Waals surface area contributed by atoms with Crippen molar-refractivity contribution in [1.82, 2.24) is 10.6 Å². The smallest absolute Gasteiger partial charge is 0.303 e. The van der Waals surface area contributed by atoms with Crippen LogP contribution >= 0.6 is 0 Å². The molecule has 0 saturated heterocycles. The summed E-state index contributed by atoms with van der Waals surface area (Å²) in [5, 5.41) is 14.0. The highest BCUT2D eigenvalue weighted by Crippen LogP contribution is 2.01. The molecule has 0 fully saturated rings. The molecule has 0 unspecified atom stereocenters. The average Bonchev–Trinajstić information content (AvgIpc) is 2.28. The Labute approximate surface area is 102 Å². The van der Waals surface area contributed by atoms with Crippen molar-refractivity contribution >= 4 is 11.9 Å². The average molecular weight is 240 g/mol. The number of carbonyl (C=O) groups is 2. The molecule has 0 aromatic rings. The van der Waals surface area contributed by atoms with Gasteiger partial charge < -0.3 is 10.4 Å². The lowest BCUT2D eigenvalue weighted by Crippen LogP contribution is -2.34. The Morgan fingerprint density at radius 2 is 1.88 bits per heavy atom. The van der Waals surface area contributed by atoms with E-state index < -0.39 is 5.97 Å². The first kappa shape index (κ1) is 15.5. The van der Waals surface area contributed by atoms with Crippen LogP contribution in [0.5, 0.6) is 0 Å². The van der Waals surface area contributed by atoms with Crippen LogP contribution < -0.4 is 10.6 Å². The van der Waals surface area contributed by atoms with Crippen molar-refractivity contribution in [2.24, 2.45) is 0 Å². The van der Waals surface area contributed by atoms with Crippen LogP contribution in [0.4, 0.5) is 0 Å². The maximum Gasteiger partial charge on any atom is 0.303 e. The van der Waals surface area contributed by atoms with Gasteiger partial charge in [0.1, 0.15) is 0 Å². The Bertz CT molecular complexity index is 271. The predicted octanol–water partition coefficient (Wildman–Crippen LogP) is 0.360. The van der Waals surface area contributed by atoms with E-state index in [0.29, 0.717) is 19.5 Å². The molecule has 0 spiro atoms. The summed E-state index contributed by atoms with van der Waals surface area (Å²) in [6.45, 7) is 1.26. The van der Waals surface area contributed by atoms with Gasteiger partial charge in [-0.1, -0.05) is 18.8 Å². The monoisotopic (exact) mass is 240 g/mol. The second-order valence-corrected chi connectivity index (χ2v) is 3.72. The number of aliphatic carboxylic acids is 1. The first-order valence-corrected chi connectivity index (χ1v) is 5.79. The van der Waals surface area contributed by atoms with Crippen LogP contribution in [-0.2, 0) is 9.59 Å². The van der Waals surface area contributed by atoms with Crippen molar-refractivity contribution < 1.29 is 14.7 Å². The minimum absolute atomic E-state index is 0.0641. The second-order valence-electron chi connectivity index (χ2n) is 3.72. The van der Waals surface area contributed by atoms with E-state index in [2.05, 4.69) is 16.6 Å². The summed E-state index contributed by atoms with van der Waals surface area (Å²) in [6, 6.07) is 0. The molecule has 0 atom stereocenters. The molecule has 0 aliphatic rings. The van der Waals surface area contributed by atoms with Gasteiger partial charge in [-0.2, -0.15) is 0 Å². The van der Waals surface area contributed by atoms with Crippen LogP contribution in [0.25, 0.3) is 0 Å². The Hall–Kier alpha value is -1.54. The number of nitrogens with one attached hydrogen (secondary N) is 2. The number of rotatable bonds is 10. The van der Waals surface area contributed by atoms with E-state index in [0.717, 1.165) is 19.3 Å². The number of carboxylic acids is 1. The summed E-state index contributed by atoms with van der Waals surface area (Å²) in [7, 11) is 0. The molecule has 0 saturated carbocycles. The molecule has 1 amide bonds. The summed E-state index contributed by atoms with van der Waals surface area (Å²) in [5.74, 6) is 1.57. The SMILES string of the molecule is C#CCNCC(=O)NCCCCCCC(=O)O. The summed E-state index contributed by atoms with van der Waals surface area (Å²) < 4.78 is 0. The van der Waals surface area contributed by atoms with Gasteiger partial charge in [-0.25, -0.2) is 0 Å². The van der Waals surface area contributed by atoms with Gasteiger partial charge in [0.25, 0.3) is 0 Å². The molecular weight excluding hydrogens is 220 g/mol. The molecule has 0 aromatic heterocycles. The standard InChI is InChI=1S/C12H20N2O3/c1-2-8-13-10-11(15)14-9-6-4-3-5-7-12(16)17/h1,13H,3-10H2,(H,14,15)(H,16,17). The predicted molar refractivity (Wildman–Crippen MR) is 65.4 cm³/mol. The lowest BCUT2D eigenvalue weighted by molar-refractivity contribution is -0.137. The largest absolute Gasteiger partial charge is 0.481 e. The fourth-order valence-electron chi connectivity index (χ4n) is 1.29. The molecule has 17 heavy (non-hydrogen) atoms. The lowest BCUT2D eigenvalue weighted by atomic mass is 10.1. The molecule has 5 heteroatoms.